The molecule has 1 heterocycles. The zero-order chi connectivity index (χ0) is 19.0. The Morgan fingerprint density at radius 3 is 2.58 bits per heavy atom. The van der Waals surface area contributed by atoms with E-state index in [1.807, 2.05) is 48.6 Å². The molecule has 0 saturated carbocycles. The Morgan fingerprint density at radius 2 is 1.92 bits per heavy atom. The number of halogens is 3. The van der Waals surface area contributed by atoms with E-state index in [1.165, 1.54) is 11.8 Å². The van der Waals surface area contributed by atoms with Gasteiger partial charge in [0.15, 0.2) is 5.17 Å². The van der Waals surface area contributed by atoms with E-state index < -0.39 is 0 Å². The molecule has 0 aliphatic carbocycles. The zero-order valence-electron chi connectivity index (χ0n) is 13.7. The van der Waals surface area contributed by atoms with Crippen molar-refractivity contribution in [2.24, 2.45) is 4.99 Å². The van der Waals surface area contributed by atoms with Gasteiger partial charge in [-0.1, -0.05) is 27.5 Å². The van der Waals surface area contributed by atoms with Gasteiger partial charge in [-0.05, 0) is 89.7 Å². The molecule has 4 nitrogen and oxygen atoms in total. The fourth-order valence-electron chi connectivity index (χ4n) is 2.42. The van der Waals surface area contributed by atoms with E-state index in [0.717, 1.165) is 21.3 Å². The monoisotopic (exact) mass is 562 g/mol. The molecule has 0 atom stereocenters. The Kier molecular flexibility index (Phi) is 6.01. The van der Waals surface area contributed by atoms with Crippen molar-refractivity contribution in [1.29, 1.82) is 0 Å². The van der Waals surface area contributed by atoms with E-state index in [-0.39, 0.29) is 11.7 Å². The van der Waals surface area contributed by atoms with Crippen molar-refractivity contribution >= 4 is 84.7 Å². The molecule has 1 fully saturated rings. The number of hydrogen-bond donors (Lipinski definition) is 2. The zero-order valence-corrected chi connectivity index (χ0v) is 19.0. The van der Waals surface area contributed by atoms with Crippen LogP contribution in [-0.2, 0) is 4.79 Å². The lowest BCUT2D eigenvalue weighted by atomic mass is 10.1. The Labute approximate surface area is 182 Å². The minimum atomic E-state index is -0.256. The van der Waals surface area contributed by atoms with Crippen LogP contribution < -0.4 is 5.32 Å². The molecule has 0 spiro atoms. The normalized spacial score (nSPS) is 17.2. The molecule has 1 saturated heterocycles. The van der Waals surface area contributed by atoms with E-state index in [2.05, 4.69) is 26.2 Å². The van der Waals surface area contributed by atoms with Crippen molar-refractivity contribution in [3.05, 3.63) is 58.9 Å². The van der Waals surface area contributed by atoms with Gasteiger partial charge in [0.05, 0.1) is 14.2 Å². The molecule has 1 aliphatic rings. The van der Waals surface area contributed by atoms with Crippen molar-refractivity contribution in [1.82, 2.24) is 5.32 Å². The number of phenolic OH excluding ortho intramolecular Hbond substituents is 1. The number of thioether (sulfide) groups is 1. The summed E-state index contributed by atoms with van der Waals surface area (Å²) in [6, 6.07) is 7.18. The van der Waals surface area contributed by atoms with Gasteiger partial charge in [-0.2, -0.15) is 0 Å². The van der Waals surface area contributed by atoms with Gasteiger partial charge in [0, 0.05) is 15.1 Å². The predicted octanol–water partition coefficient (Wildman–Crippen LogP) is 5.92. The fraction of sp³-hybridized carbons (Fsp3) is 0.111. The summed E-state index contributed by atoms with van der Waals surface area (Å²) in [4.78, 5) is 17.2. The van der Waals surface area contributed by atoms with Crippen molar-refractivity contribution in [2.45, 2.75) is 13.8 Å². The second kappa shape index (κ2) is 7.92. The first-order valence-corrected chi connectivity index (χ1v) is 10.6. The summed E-state index contributed by atoms with van der Waals surface area (Å²) in [7, 11) is 0. The standard InChI is InChI=1S/C18H13BrClIN2O2S/c1-8-3-12(4-9(2)15(8)19)22-18-23-17(25)14(26-18)6-10-5-11(20)7-13(21)16(10)24/h3-7,24H,1-2H3,(H,22,23,25)/b14-6-. The van der Waals surface area contributed by atoms with Crippen molar-refractivity contribution in [3.63, 3.8) is 0 Å². The first-order chi connectivity index (χ1) is 12.2. The van der Waals surface area contributed by atoms with Gasteiger partial charge in [0.1, 0.15) is 5.75 Å². The van der Waals surface area contributed by atoms with Crippen LogP contribution in [0.1, 0.15) is 16.7 Å². The summed E-state index contributed by atoms with van der Waals surface area (Å²) in [5.41, 5.74) is 3.42. The average Bonchev–Trinajstić information content (AvgIpc) is 2.89. The number of nitrogens with zero attached hydrogens (tertiary/aromatic N) is 1. The number of carbonyl (C=O) groups is 1. The van der Waals surface area contributed by atoms with Crippen LogP contribution in [0.15, 0.2) is 38.6 Å². The Morgan fingerprint density at radius 1 is 1.27 bits per heavy atom. The fourth-order valence-corrected chi connectivity index (χ4v) is 4.54. The van der Waals surface area contributed by atoms with Gasteiger partial charge in [-0.3, -0.25) is 4.79 Å². The third-order valence-electron chi connectivity index (χ3n) is 3.65. The molecule has 3 rings (SSSR count). The third-order valence-corrected chi connectivity index (χ3v) is 6.85. The number of benzene rings is 2. The highest BCUT2D eigenvalue weighted by molar-refractivity contribution is 14.1. The number of aromatic hydroxyl groups is 1. The topological polar surface area (TPSA) is 61.7 Å². The molecule has 2 aromatic carbocycles. The summed E-state index contributed by atoms with van der Waals surface area (Å²) < 4.78 is 1.68. The maximum Gasteiger partial charge on any atom is 0.264 e. The van der Waals surface area contributed by atoms with Gasteiger partial charge in [-0.25, -0.2) is 4.99 Å². The van der Waals surface area contributed by atoms with Gasteiger partial charge in [0.2, 0.25) is 0 Å². The second-order valence-corrected chi connectivity index (χ2v) is 9.12. The molecule has 2 aromatic rings. The van der Waals surface area contributed by atoms with Crippen LogP contribution in [0.2, 0.25) is 5.02 Å². The number of amides is 1. The lowest BCUT2D eigenvalue weighted by Gasteiger charge is -2.05. The number of aliphatic imine (C=N–C) groups is 1. The van der Waals surface area contributed by atoms with E-state index in [4.69, 9.17) is 11.6 Å². The van der Waals surface area contributed by atoms with E-state index in [9.17, 15) is 9.90 Å². The smallest absolute Gasteiger partial charge is 0.264 e. The minimum absolute atomic E-state index is 0.0976. The maximum absolute atomic E-state index is 12.2. The second-order valence-electron chi connectivity index (χ2n) is 5.70. The predicted molar refractivity (Wildman–Crippen MR) is 120 cm³/mol. The summed E-state index contributed by atoms with van der Waals surface area (Å²) in [5, 5.41) is 13.9. The molecule has 0 unspecified atom stereocenters. The largest absolute Gasteiger partial charge is 0.506 e. The molecule has 1 aliphatic heterocycles. The van der Waals surface area contributed by atoms with Gasteiger partial charge in [0.25, 0.3) is 5.91 Å². The summed E-state index contributed by atoms with van der Waals surface area (Å²) in [6.07, 6.45) is 1.62. The van der Waals surface area contributed by atoms with Crippen LogP contribution in [0.25, 0.3) is 6.08 Å². The molecule has 2 N–H and O–H groups in total. The lowest BCUT2D eigenvalue weighted by Crippen LogP contribution is -2.19. The first kappa shape index (κ1) is 19.7. The number of amidine groups is 1. The molecule has 26 heavy (non-hydrogen) atoms. The van der Waals surface area contributed by atoms with Crippen LogP contribution in [0, 0.1) is 17.4 Å². The first-order valence-electron chi connectivity index (χ1n) is 7.49. The van der Waals surface area contributed by atoms with Gasteiger partial charge in [-0.15, -0.1) is 0 Å². The number of hydrogen-bond acceptors (Lipinski definition) is 4. The molecule has 0 bridgehead atoms. The van der Waals surface area contributed by atoms with Crippen LogP contribution in [-0.4, -0.2) is 16.2 Å². The lowest BCUT2D eigenvalue weighted by molar-refractivity contribution is -0.115. The van der Waals surface area contributed by atoms with E-state index in [1.54, 1.807) is 18.2 Å². The van der Waals surface area contributed by atoms with Crippen LogP contribution in [0.3, 0.4) is 0 Å². The molecule has 0 radical (unpaired) electrons. The van der Waals surface area contributed by atoms with Crippen molar-refractivity contribution < 1.29 is 9.90 Å². The highest BCUT2D eigenvalue weighted by atomic mass is 127. The number of nitrogens with one attached hydrogen (secondary N) is 1. The highest BCUT2D eigenvalue weighted by Gasteiger charge is 2.24. The number of rotatable bonds is 2. The highest BCUT2D eigenvalue weighted by Crippen LogP contribution is 2.34. The molecule has 134 valence electrons. The summed E-state index contributed by atoms with van der Waals surface area (Å²) in [5.74, 6) is -0.158. The van der Waals surface area contributed by atoms with Gasteiger partial charge < -0.3 is 10.4 Å². The van der Waals surface area contributed by atoms with Crippen LogP contribution >= 0.6 is 61.9 Å². The SMILES string of the molecule is Cc1cc(N=C2NC(=O)/C(=C/c3cc(Cl)cc(I)c3O)S2)cc(C)c1Br. The number of carbonyl (C=O) groups excluding carboxylic acids is 1. The van der Waals surface area contributed by atoms with Gasteiger partial charge >= 0.3 is 0 Å². The van der Waals surface area contributed by atoms with Crippen LogP contribution in [0.4, 0.5) is 5.69 Å². The van der Waals surface area contributed by atoms with Crippen LogP contribution in [0.5, 0.6) is 5.75 Å². The average molecular weight is 564 g/mol. The third kappa shape index (κ3) is 4.27. The Balaban J connectivity index is 1.92. The van der Waals surface area contributed by atoms with E-state index >= 15 is 0 Å². The number of aryl methyl sites for hydroxylation is 2. The summed E-state index contributed by atoms with van der Waals surface area (Å²) >= 11 is 12.8. The Hall–Kier alpha value is -1.03. The van der Waals surface area contributed by atoms with E-state index in [0.29, 0.717) is 24.2 Å². The molecular formula is C18H13BrClIN2O2S. The molecular weight excluding hydrogens is 551 g/mol. The number of phenols is 1. The summed E-state index contributed by atoms with van der Waals surface area (Å²) in [6.45, 7) is 3.99. The molecule has 1 amide bonds. The molecule has 8 heteroatoms. The quantitative estimate of drug-likeness (QED) is 0.352. The van der Waals surface area contributed by atoms with Crippen molar-refractivity contribution in [3.8, 4) is 5.75 Å². The molecule has 0 aromatic heterocycles. The maximum atomic E-state index is 12.2. The Bertz CT molecular complexity index is 968. The minimum Gasteiger partial charge on any atom is -0.506 e. The van der Waals surface area contributed by atoms with Crippen molar-refractivity contribution in [2.75, 3.05) is 0 Å².